The summed E-state index contributed by atoms with van der Waals surface area (Å²) in [7, 11) is 1.36. The van der Waals surface area contributed by atoms with Gasteiger partial charge >= 0.3 is 5.97 Å². The van der Waals surface area contributed by atoms with Crippen molar-refractivity contribution in [2.75, 3.05) is 54.1 Å². The second-order valence-electron chi connectivity index (χ2n) is 18.2. The molecule has 0 aliphatic rings. The molecule has 0 N–H and O–H groups in total. The number of nitrogens with zero attached hydrogens (tertiary/aromatic N) is 1. The Kier molecular flexibility index (Phi) is 43.4. The molecule has 0 fully saturated rings. The van der Waals surface area contributed by atoms with Gasteiger partial charge in [-0.2, -0.15) is 0 Å². The zero-order chi connectivity index (χ0) is 44.1. The van der Waals surface area contributed by atoms with Crippen molar-refractivity contribution in [3.05, 3.63) is 36.5 Å². The molecule has 0 aliphatic heterocycles. The molecule has 0 heterocycles. The average Bonchev–Trinajstić information content (AvgIpc) is 3.20. The number of phosphoric ester groups is 1. The van der Waals surface area contributed by atoms with Crippen LogP contribution in [0.3, 0.4) is 0 Å². The van der Waals surface area contributed by atoms with Gasteiger partial charge in [0.05, 0.1) is 34.4 Å². The lowest BCUT2D eigenvalue weighted by molar-refractivity contribution is -0.870. The minimum absolute atomic E-state index is 0.0254. The summed E-state index contributed by atoms with van der Waals surface area (Å²) in [6.07, 6.45) is 53.1. The van der Waals surface area contributed by atoms with Crippen LogP contribution in [0.2, 0.25) is 0 Å². The van der Waals surface area contributed by atoms with E-state index in [1.165, 1.54) is 167 Å². The molecule has 9 heteroatoms. The minimum Gasteiger partial charge on any atom is -0.756 e. The maximum absolute atomic E-state index is 12.7. The molecule has 0 radical (unpaired) electrons. The van der Waals surface area contributed by atoms with Gasteiger partial charge < -0.3 is 27.9 Å². The zero-order valence-electron chi connectivity index (χ0n) is 40.2. The highest BCUT2D eigenvalue weighted by Crippen LogP contribution is 2.38. The van der Waals surface area contributed by atoms with Gasteiger partial charge in [-0.05, 0) is 70.6 Å². The molecular formula is C51H98NO7P. The molecule has 0 aromatic heterocycles. The van der Waals surface area contributed by atoms with Crippen molar-refractivity contribution in [3.63, 3.8) is 0 Å². The molecule has 0 aliphatic carbocycles. The van der Waals surface area contributed by atoms with Gasteiger partial charge in [-0.25, -0.2) is 0 Å². The summed E-state index contributed by atoms with van der Waals surface area (Å²) in [5.74, 6) is -0.335. The summed E-state index contributed by atoms with van der Waals surface area (Å²) < 4.78 is 34.7. The van der Waals surface area contributed by atoms with E-state index in [4.69, 9.17) is 18.5 Å². The number of allylic oxidation sites excluding steroid dienone is 6. The van der Waals surface area contributed by atoms with Crippen LogP contribution >= 0.6 is 7.82 Å². The molecular weight excluding hydrogens is 770 g/mol. The molecule has 8 nitrogen and oxygen atoms in total. The second kappa shape index (κ2) is 44.3. The number of ether oxygens (including phenoxy) is 2. The second-order valence-corrected chi connectivity index (χ2v) is 19.6. The van der Waals surface area contributed by atoms with Gasteiger partial charge in [0, 0.05) is 13.0 Å². The van der Waals surface area contributed by atoms with Crippen molar-refractivity contribution in [2.45, 2.75) is 232 Å². The Morgan fingerprint density at radius 3 is 1.40 bits per heavy atom. The highest BCUT2D eigenvalue weighted by Gasteiger charge is 2.20. The van der Waals surface area contributed by atoms with Gasteiger partial charge in [-0.15, -0.1) is 0 Å². The van der Waals surface area contributed by atoms with Gasteiger partial charge in [0.25, 0.3) is 7.82 Å². The Balaban J connectivity index is 4.07. The Morgan fingerprint density at radius 1 is 0.517 bits per heavy atom. The predicted molar refractivity (Wildman–Crippen MR) is 254 cm³/mol. The molecule has 0 aromatic carbocycles. The lowest BCUT2D eigenvalue weighted by atomic mass is 10.0. The molecule has 0 saturated heterocycles. The van der Waals surface area contributed by atoms with Gasteiger partial charge in [-0.3, -0.25) is 9.36 Å². The first-order valence-corrected chi connectivity index (χ1v) is 26.7. The van der Waals surface area contributed by atoms with Crippen LogP contribution in [-0.4, -0.2) is 70.7 Å². The first kappa shape index (κ1) is 58.7. The van der Waals surface area contributed by atoms with Crippen molar-refractivity contribution in [1.82, 2.24) is 0 Å². The van der Waals surface area contributed by atoms with Crippen LogP contribution in [0.4, 0.5) is 0 Å². The molecule has 0 saturated carbocycles. The SMILES string of the molecule is CCCCC/C=C\CCCCCCCCOCC(COP(=O)([O-])OCC[N+](C)(C)C)OC(=O)CCCCCCCCCCCCCCC/C=C\C/C=C\CCCCCCC. The van der Waals surface area contributed by atoms with Crippen LogP contribution in [0.25, 0.3) is 0 Å². The number of hydrogen-bond donors (Lipinski definition) is 0. The molecule has 2 atom stereocenters. The largest absolute Gasteiger partial charge is 0.756 e. The maximum Gasteiger partial charge on any atom is 0.306 e. The van der Waals surface area contributed by atoms with Crippen molar-refractivity contribution in [3.8, 4) is 0 Å². The van der Waals surface area contributed by atoms with Crippen LogP contribution in [0.1, 0.15) is 226 Å². The number of carbonyl (C=O) groups is 1. The van der Waals surface area contributed by atoms with Crippen molar-refractivity contribution < 1.29 is 37.3 Å². The lowest BCUT2D eigenvalue weighted by Crippen LogP contribution is -2.37. The molecule has 0 amide bonds. The van der Waals surface area contributed by atoms with E-state index in [2.05, 4.69) is 50.3 Å². The molecule has 0 spiro atoms. The van der Waals surface area contributed by atoms with E-state index < -0.39 is 13.9 Å². The average molecular weight is 868 g/mol. The topological polar surface area (TPSA) is 94.1 Å². The Hall–Kier alpha value is -1.28. The maximum atomic E-state index is 12.7. The third-order valence-electron chi connectivity index (χ3n) is 10.9. The van der Waals surface area contributed by atoms with E-state index in [9.17, 15) is 14.3 Å². The number of unbranched alkanes of at least 4 members (excludes halogenated alkanes) is 27. The quantitative estimate of drug-likeness (QED) is 0.0198. The third-order valence-corrected chi connectivity index (χ3v) is 11.9. The monoisotopic (exact) mass is 868 g/mol. The standard InChI is InChI=1S/C51H98NO7P/c1-6-8-10-12-14-16-18-20-21-22-23-24-25-26-27-28-29-30-31-32-34-36-38-40-42-44-51(53)59-50(49-58-60(54,55)57-47-45-52(3,4)5)48-56-46-43-41-39-37-35-33-19-17-15-13-11-9-7-2/h15,17-18,20,22-23,50H,6-14,16,19,21,24-49H2,1-5H3/b17-15-,20-18-,23-22-. The van der Waals surface area contributed by atoms with E-state index in [0.717, 1.165) is 38.5 Å². The number of hydrogen-bond acceptors (Lipinski definition) is 7. The van der Waals surface area contributed by atoms with Crippen LogP contribution in [0, 0.1) is 0 Å². The molecule has 2 unspecified atom stereocenters. The first-order valence-electron chi connectivity index (χ1n) is 25.2. The lowest BCUT2D eigenvalue weighted by Gasteiger charge is -2.28. The normalized spacial score (nSPS) is 13.9. The summed E-state index contributed by atoms with van der Waals surface area (Å²) in [5, 5.41) is 0. The van der Waals surface area contributed by atoms with Crippen LogP contribution in [-0.2, 0) is 27.9 Å². The Morgan fingerprint density at radius 2 is 0.917 bits per heavy atom. The van der Waals surface area contributed by atoms with E-state index in [1.807, 2.05) is 21.1 Å². The number of quaternary nitrogens is 1. The number of esters is 1. The fourth-order valence-corrected chi connectivity index (χ4v) is 7.71. The molecule has 0 aromatic rings. The van der Waals surface area contributed by atoms with Gasteiger partial charge in [-0.1, -0.05) is 185 Å². The van der Waals surface area contributed by atoms with Crippen LogP contribution in [0.5, 0.6) is 0 Å². The first-order chi connectivity index (χ1) is 29.1. The fourth-order valence-electron chi connectivity index (χ4n) is 6.98. The van der Waals surface area contributed by atoms with E-state index in [-0.39, 0.29) is 25.8 Å². The Bertz CT molecular complexity index is 1060. The molecule has 354 valence electrons. The summed E-state index contributed by atoms with van der Waals surface area (Å²) in [5.41, 5.74) is 0. The summed E-state index contributed by atoms with van der Waals surface area (Å²) >= 11 is 0. The van der Waals surface area contributed by atoms with Gasteiger partial charge in [0.1, 0.15) is 19.3 Å². The highest BCUT2D eigenvalue weighted by atomic mass is 31.2. The Labute approximate surface area is 372 Å². The van der Waals surface area contributed by atoms with Gasteiger partial charge in [0.2, 0.25) is 0 Å². The van der Waals surface area contributed by atoms with E-state index in [1.54, 1.807) is 0 Å². The molecule has 0 rings (SSSR count). The highest BCUT2D eigenvalue weighted by molar-refractivity contribution is 7.45. The minimum atomic E-state index is -4.53. The molecule has 60 heavy (non-hydrogen) atoms. The van der Waals surface area contributed by atoms with Crippen LogP contribution < -0.4 is 4.89 Å². The molecule has 0 bridgehead atoms. The van der Waals surface area contributed by atoms with Crippen molar-refractivity contribution in [2.24, 2.45) is 0 Å². The predicted octanol–water partition coefficient (Wildman–Crippen LogP) is 14.7. The van der Waals surface area contributed by atoms with Crippen molar-refractivity contribution >= 4 is 13.8 Å². The summed E-state index contributed by atoms with van der Waals surface area (Å²) in [6, 6.07) is 0. The number of rotatable bonds is 47. The van der Waals surface area contributed by atoms with Crippen LogP contribution in [0.15, 0.2) is 36.5 Å². The summed E-state index contributed by atoms with van der Waals surface area (Å²) in [6.45, 7) is 5.39. The van der Waals surface area contributed by atoms with Crippen molar-refractivity contribution in [1.29, 1.82) is 0 Å². The van der Waals surface area contributed by atoms with E-state index >= 15 is 0 Å². The van der Waals surface area contributed by atoms with E-state index in [0.29, 0.717) is 24.1 Å². The third kappa shape index (κ3) is 47.8. The van der Waals surface area contributed by atoms with Gasteiger partial charge in [0.15, 0.2) is 0 Å². The number of likely N-dealkylation sites (N-methyl/N-ethyl adjacent to an activating group) is 1. The smallest absolute Gasteiger partial charge is 0.306 e. The number of phosphoric acid groups is 1. The number of carbonyl (C=O) groups excluding carboxylic acids is 1. The zero-order valence-corrected chi connectivity index (χ0v) is 41.1. The summed E-state index contributed by atoms with van der Waals surface area (Å²) in [4.78, 5) is 25.1. The fraction of sp³-hybridized carbons (Fsp3) is 0.863.